The van der Waals surface area contributed by atoms with Gasteiger partial charge in [0.15, 0.2) is 0 Å². The summed E-state index contributed by atoms with van der Waals surface area (Å²) < 4.78 is 0. The molecule has 0 saturated heterocycles. The zero-order chi connectivity index (χ0) is 14.8. The van der Waals surface area contributed by atoms with Gasteiger partial charge in [-0.1, -0.05) is 6.07 Å². The van der Waals surface area contributed by atoms with Crippen LogP contribution >= 0.6 is 0 Å². The van der Waals surface area contributed by atoms with E-state index in [4.69, 9.17) is 0 Å². The van der Waals surface area contributed by atoms with Crippen LogP contribution in [0.5, 0.6) is 0 Å². The van der Waals surface area contributed by atoms with Crippen molar-refractivity contribution in [2.45, 2.75) is 26.7 Å². The fourth-order valence-electron chi connectivity index (χ4n) is 2.80. The predicted molar refractivity (Wildman–Crippen MR) is 84.3 cm³/mol. The molecule has 5 heteroatoms. The number of H-pyrrole nitrogens is 1. The molecule has 1 aliphatic heterocycles. The van der Waals surface area contributed by atoms with Crippen molar-refractivity contribution in [3.8, 4) is 0 Å². The van der Waals surface area contributed by atoms with E-state index < -0.39 is 0 Å². The van der Waals surface area contributed by atoms with Gasteiger partial charge in [-0.25, -0.2) is 4.98 Å². The summed E-state index contributed by atoms with van der Waals surface area (Å²) >= 11 is 0. The lowest BCUT2D eigenvalue weighted by Gasteiger charge is -2.10. The average Bonchev–Trinajstić information content (AvgIpc) is 2.63. The first-order chi connectivity index (χ1) is 10.1. The second-order valence-corrected chi connectivity index (χ2v) is 5.59. The van der Waals surface area contributed by atoms with E-state index >= 15 is 0 Å². The smallest absolute Gasteiger partial charge is 0.255 e. The van der Waals surface area contributed by atoms with Gasteiger partial charge in [0.1, 0.15) is 0 Å². The third kappa shape index (κ3) is 3.13. The Morgan fingerprint density at radius 2 is 1.81 bits per heavy atom. The highest BCUT2D eigenvalue weighted by molar-refractivity contribution is 5.56. The van der Waals surface area contributed by atoms with E-state index in [-0.39, 0.29) is 5.56 Å². The fourth-order valence-corrected chi connectivity index (χ4v) is 2.80. The third-order valence-electron chi connectivity index (χ3n) is 3.68. The number of nitrogens with one attached hydrogen (secondary N) is 3. The van der Waals surface area contributed by atoms with E-state index in [1.165, 1.54) is 11.1 Å². The molecule has 0 atom stereocenters. The average molecular weight is 284 g/mol. The molecular formula is C16H20N4O. The van der Waals surface area contributed by atoms with Crippen LogP contribution in [0.15, 0.2) is 23.0 Å². The van der Waals surface area contributed by atoms with Crippen LogP contribution in [0.25, 0.3) is 0 Å². The fraction of sp³-hybridized carbons (Fsp3) is 0.375. The number of anilines is 2. The molecule has 1 aromatic carbocycles. The lowest BCUT2D eigenvalue weighted by Crippen LogP contribution is -2.20. The van der Waals surface area contributed by atoms with Gasteiger partial charge in [0.05, 0.1) is 5.69 Å². The summed E-state index contributed by atoms with van der Waals surface area (Å²) in [6, 6.07) is 6.20. The molecule has 21 heavy (non-hydrogen) atoms. The molecule has 5 nitrogen and oxygen atoms in total. The largest absolute Gasteiger partial charge is 0.326 e. The first-order valence-electron chi connectivity index (χ1n) is 7.30. The number of aromatic amines is 1. The van der Waals surface area contributed by atoms with E-state index in [0.29, 0.717) is 5.95 Å². The second-order valence-electron chi connectivity index (χ2n) is 5.59. The number of fused-ring (bicyclic) bond motifs is 1. The zero-order valence-electron chi connectivity index (χ0n) is 12.4. The number of rotatable bonds is 2. The highest BCUT2D eigenvalue weighted by Gasteiger charge is 2.14. The van der Waals surface area contributed by atoms with E-state index in [0.717, 1.165) is 42.9 Å². The lowest BCUT2D eigenvalue weighted by molar-refractivity contribution is 0.708. The van der Waals surface area contributed by atoms with Crippen LogP contribution in [0.3, 0.4) is 0 Å². The molecule has 1 aliphatic rings. The van der Waals surface area contributed by atoms with Crippen LogP contribution in [-0.4, -0.2) is 23.1 Å². The Morgan fingerprint density at radius 1 is 1.10 bits per heavy atom. The minimum Gasteiger partial charge on any atom is -0.326 e. The van der Waals surface area contributed by atoms with E-state index in [1.54, 1.807) is 0 Å². The van der Waals surface area contributed by atoms with Crippen molar-refractivity contribution in [1.29, 1.82) is 0 Å². The molecule has 0 radical (unpaired) electrons. The van der Waals surface area contributed by atoms with Crippen molar-refractivity contribution in [2.75, 3.05) is 18.4 Å². The number of aryl methyl sites for hydroxylation is 2. The quantitative estimate of drug-likeness (QED) is 0.787. The number of benzene rings is 1. The number of nitrogens with zero attached hydrogens (tertiary/aromatic N) is 1. The summed E-state index contributed by atoms with van der Waals surface area (Å²) in [5.41, 5.74) is 4.98. The second kappa shape index (κ2) is 5.69. The van der Waals surface area contributed by atoms with Crippen LogP contribution in [0.2, 0.25) is 0 Å². The minimum absolute atomic E-state index is 0.0319. The molecule has 0 spiro atoms. The van der Waals surface area contributed by atoms with Gasteiger partial charge in [-0.05, 0) is 50.1 Å². The van der Waals surface area contributed by atoms with Crippen LogP contribution in [0.1, 0.15) is 22.4 Å². The summed E-state index contributed by atoms with van der Waals surface area (Å²) in [6.45, 7) is 5.81. The Hall–Kier alpha value is -2.14. The molecule has 2 aromatic rings. The van der Waals surface area contributed by atoms with Gasteiger partial charge >= 0.3 is 0 Å². The molecular weight excluding hydrogens is 264 g/mol. The van der Waals surface area contributed by atoms with Crippen LogP contribution in [-0.2, 0) is 12.8 Å². The summed E-state index contributed by atoms with van der Waals surface area (Å²) in [5.74, 6) is 0.519. The zero-order valence-corrected chi connectivity index (χ0v) is 12.4. The molecule has 0 unspecified atom stereocenters. The van der Waals surface area contributed by atoms with Gasteiger partial charge < -0.3 is 10.6 Å². The van der Waals surface area contributed by atoms with Crippen molar-refractivity contribution in [1.82, 2.24) is 15.3 Å². The van der Waals surface area contributed by atoms with E-state index in [9.17, 15) is 4.79 Å². The molecule has 3 rings (SSSR count). The van der Waals surface area contributed by atoms with Crippen LogP contribution in [0.4, 0.5) is 11.6 Å². The predicted octanol–water partition coefficient (Wildman–Crippen LogP) is 1.82. The molecule has 2 heterocycles. The highest BCUT2D eigenvalue weighted by Crippen LogP contribution is 2.17. The molecule has 0 fully saturated rings. The van der Waals surface area contributed by atoms with Gasteiger partial charge in [-0.2, -0.15) is 0 Å². The maximum Gasteiger partial charge on any atom is 0.255 e. The molecule has 110 valence electrons. The summed E-state index contributed by atoms with van der Waals surface area (Å²) in [6.07, 6.45) is 1.53. The summed E-state index contributed by atoms with van der Waals surface area (Å²) in [5, 5.41) is 6.50. The SMILES string of the molecule is Cc1cc(C)cc(Nc2nc3c(c(=O)[nH]2)CCNCC3)c1. The standard InChI is InChI=1S/C16H20N4O/c1-10-7-11(2)9-12(8-10)18-16-19-14-4-6-17-5-3-13(14)15(21)20-16/h7-9,17H,3-6H2,1-2H3,(H2,18,19,20,21). The lowest BCUT2D eigenvalue weighted by atomic mass is 10.1. The van der Waals surface area contributed by atoms with Gasteiger partial charge in [-0.3, -0.25) is 9.78 Å². The Bertz CT molecular complexity index is 700. The normalized spacial score (nSPS) is 14.4. The number of hydrogen-bond donors (Lipinski definition) is 3. The Balaban J connectivity index is 1.94. The first-order valence-corrected chi connectivity index (χ1v) is 7.30. The first kappa shape index (κ1) is 13.8. The van der Waals surface area contributed by atoms with E-state index in [2.05, 4.69) is 40.5 Å². The molecule has 0 saturated carbocycles. The Labute approximate surface area is 123 Å². The number of aromatic nitrogens is 2. The summed E-state index contributed by atoms with van der Waals surface area (Å²) in [4.78, 5) is 19.6. The van der Waals surface area contributed by atoms with Crippen molar-refractivity contribution < 1.29 is 0 Å². The van der Waals surface area contributed by atoms with Crippen molar-refractivity contribution in [3.05, 3.63) is 50.9 Å². The monoisotopic (exact) mass is 284 g/mol. The van der Waals surface area contributed by atoms with Gasteiger partial charge in [0.25, 0.3) is 5.56 Å². The topological polar surface area (TPSA) is 69.8 Å². The number of hydrogen-bond acceptors (Lipinski definition) is 4. The third-order valence-corrected chi connectivity index (χ3v) is 3.68. The molecule has 0 amide bonds. The molecule has 0 bridgehead atoms. The van der Waals surface area contributed by atoms with E-state index in [1.807, 2.05) is 12.1 Å². The van der Waals surface area contributed by atoms with Crippen molar-refractivity contribution in [2.24, 2.45) is 0 Å². The minimum atomic E-state index is -0.0319. The molecule has 3 N–H and O–H groups in total. The van der Waals surface area contributed by atoms with Crippen molar-refractivity contribution in [3.63, 3.8) is 0 Å². The van der Waals surface area contributed by atoms with Crippen molar-refractivity contribution >= 4 is 11.6 Å². The maximum absolute atomic E-state index is 12.2. The Kier molecular flexibility index (Phi) is 3.75. The molecule has 0 aliphatic carbocycles. The van der Waals surface area contributed by atoms with Gasteiger partial charge in [0.2, 0.25) is 5.95 Å². The van der Waals surface area contributed by atoms with Crippen LogP contribution < -0.4 is 16.2 Å². The molecule has 1 aromatic heterocycles. The highest BCUT2D eigenvalue weighted by atomic mass is 16.1. The Morgan fingerprint density at radius 3 is 2.57 bits per heavy atom. The van der Waals surface area contributed by atoms with Gasteiger partial charge in [0, 0.05) is 24.2 Å². The maximum atomic E-state index is 12.2. The van der Waals surface area contributed by atoms with Crippen LogP contribution in [0, 0.1) is 13.8 Å². The van der Waals surface area contributed by atoms with Gasteiger partial charge in [-0.15, -0.1) is 0 Å². The summed E-state index contributed by atoms with van der Waals surface area (Å²) in [7, 11) is 0.